The molecule has 0 aliphatic heterocycles. The van der Waals surface area contributed by atoms with Gasteiger partial charge >= 0.3 is 0 Å². The minimum absolute atomic E-state index is 0.0559. The van der Waals surface area contributed by atoms with Gasteiger partial charge in [-0.05, 0) is 29.8 Å². The van der Waals surface area contributed by atoms with Gasteiger partial charge in [0.15, 0.2) is 0 Å². The quantitative estimate of drug-likeness (QED) is 0.685. The van der Waals surface area contributed by atoms with Gasteiger partial charge in [0.2, 0.25) is 0 Å². The summed E-state index contributed by atoms with van der Waals surface area (Å²) in [6.07, 6.45) is 0. The lowest BCUT2D eigenvalue weighted by molar-refractivity contribution is 0.282. The van der Waals surface area contributed by atoms with Crippen LogP contribution >= 0.6 is 0 Å². The van der Waals surface area contributed by atoms with Crippen LogP contribution in [0.15, 0.2) is 30.3 Å². The van der Waals surface area contributed by atoms with E-state index in [0.29, 0.717) is 5.82 Å². The number of nitrogen functional groups attached to an aromatic ring is 1. The van der Waals surface area contributed by atoms with Crippen molar-refractivity contribution in [1.29, 1.82) is 0 Å². The lowest BCUT2D eigenvalue weighted by Crippen LogP contribution is -1.90. The van der Waals surface area contributed by atoms with Crippen LogP contribution < -0.4 is 5.73 Å². The van der Waals surface area contributed by atoms with Gasteiger partial charge in [-0.1, -0.05) is 6.07 Å². The highest BCUT2D eigenvalue weighted by molar-refractivity contribution is 5.80. The minimum atomic E-state index is 0.0559. The number of nitrogens with two attached hydrogens (primary N) is 1. The van der Waals surface area contributed by atoms with E-state index in [1.807, 2.05) is 24.3 Å². The monoisotopic (exact) mass is 174 g/mol. The number of anilines is 1. The Morgan fingerprint density at radius 3 is 2.85 bits per heavy atom. The van der Waals surface area contributed by atoms with Crippen molar-refractivity contribution in [3.63, 3.8) is 0 Å². The topological polar surface area (TPSA) is 59.1 Å². The molecule has 0 unspecified atom stereocenters. The molecule has 0 amide bonds. The SMILES string of the molecule is Nc1ccc2cc(CO)ccc2n1. The molecule has 3 heteroatoms. The average molecular weight is 174 g/mol. The highest BCUT2D eigenvalue weighted by atomic mass is 16.3. The van der Waals surface area contributed by atoms with E-state index < -0.39 is 0 Å². The standard InChI is InChI=1S/C10H10N2O/c11-10-4-2-8-5-7(6-13)1-3-9(8)12-10/h1-5,13H,6H2,(H2,11,12). The fraction of sp³-hybridized carbons (Fsp3) is 0.100. The Kier molecular flexibility index (Phi) is 1.87. The molecule has 2 aromatic rings. The summed E-state index contributed by atoms with van der Waals surface area (Å²) in [5.74, 6) is 0.518. The Bertz CT molecular complexity index is 440. The molecule has 0 fully saturated rings. The van der Waals surface area contributed by atoms with Gasteiger partial charge in [-0.25, -0.2) is 4.98 Å². The molecule has 0 saturated carbocycles. The fourth-order valence-corrected chi connectivity index (χ4v) is 1.29. The Labute approximate surface area is 75.8 Å². The maximum atomic E-state index is 8.91. The van der Waals surface area contributed by atoms with Crippen LogP contribution in [-0.2, 0) is 6.61 Å². The Hall–Kier alpha value is -1.61. The summed E-state index contributed by atoms with van der Waals surface area (Å²) in [5.41, 5.74) is 7.28. The summed E-state index contributed by atoms with van der Waals surface area (Å²) in [4.78, 5) is 4.15. The summed E-state index contributed by atoms with van der Waals surface area (Å²) in [6.45, 7) is 0.0559. The normalized spacial score (nSPS) is 10.5. The lowest BCUT2D eigenvalue weighted by Gasteiger charge is -2.00. The summed E-state index contributed by atoms with van der Waals surface area (Å²) in [7, 11) is 0. The zero-order chi connectivity index (χ0) is 9.26. The van der Waals surface area contributed by atoms with Crippen LogP contribution in [0.2, 0.25) is 0 Å². The predicted molar refractivity (Wildman–Crippen MR) is 52.1 cm³/mol. The van der Waals surface area contributed by atoms with Crippen molar-refractivity contribution in [2.24, 2.45) is 0 Å². The molecular weight excluding hydrogens is 164 g/mol. The van der Waals surface area contributed by atoms with Crippen LogP contribution in [0.5, 0.6) is 0 Å². The number of fused-ring (bicyclic) bond motifs is 1. The second kappa shape index (κ2) is 3.03. The smallest absolute Gasteiger partial charge is 0.124 e. The molecule has 1 heterocycles. The van der Waals surface area contributed by atoms with E-state index in [-0.39, 0.29) is 6.61 Å². The fourth-order valence-electron chi connectivity index (χ4n) is 1.29. The molecule has 0 aliphatic carbocycles. The van der Waals surface area contributed by atoms with Crippen molar-refractivity contribution in [3.8, 4) is 0 Å². The highest BCUT2D eigenvalue weighted by Crippen LogP contribution is 2.15. The number of aromatic nitrogens is 1. The zero-order valence-electron chi connectivity index (χ0n) is 7.07. The number of hydrogen-bond donors (Lipinski definition) is 2. The number of benzene rings is 1. The van der Waals surface area contributed by atoms with E-state index in [2.05, 4.69) is 4.98 Å². The lowest BCUT2D eigenvalue weighted by atomic mass is 10.1. The first-order chi connectivity index (χ1) is 6.29. The predicted octanol–water partition coefficient (Wildman–Crippen LogP) is 1.31. The molecule has 0 aliphatic rings. The van der Waals surface area contributed by atoms with Gasteiger partial charge < -0.3 is 10.8 Å². The molecule has 0 spiro atoms. The molecule has 0 radical (unpaired) electrons. The van der Waals surface area contributed by atoms with Crippen LogP contribution in [0.3, 0.4) is 0 Å². The van der Waals surface area contributed by atoms with E-state index in [9.17, 15) is 0 Å². The van der Waals surface area contributed by atoms with Crippen LogP contribution in [0.1, 0.15) is 5.56 Å². The second-order valence-corrected chi connectivity index (χ2v) is 2.92. The van der Waals surface area contributed by atoms with Crippen LogP contribution in [0, 0.1) is 0 Å². The Morgan fingerprint density at radius 1 is 1.23 bits per heavy atom. The average Bonchev–Trinajstić information content (AvgIpc) is 2.17. The molecule has 1 aromatic carbocycles. The van der Waals surface area contributed by atoms with Crippen molar-refractivity contribution in [2.45, 2.75) is 6.61 Å². The van der Waals surface area contributed by atoms with Crippen molar-refractivity contribution < 1.29 is 5.11 Å². The van der Waals surface area contributed by atoms with Gasteiger partial charge in [-0.3, -0.25) is 0 Å². The van der Waals surface area contributed by atoms with Gasteiger partial charge in [-0.15, -0.1) is 0 Å². The van der Waals surface area contributed by atoms with Crippen LogP contribution in [0.4, 0.5) is 5.82 Å². The van der Waals surface area contributed by atoms with Gasteiger partial charge in [0.1, 0.15) is 5.82 Å². The third-order valence-corrected chi connectivity index (χ3v) is 1.96. The van der Waals surface area contributed by atoms with E-state index >= 15 is 0 Å². The molecule has 3 N–H and O–H groups in total. The van der Waals surface area contributed by atoms with Gasteiger partial charge in [0.05, 0.1) is 12.1 Å². The summed E-state index contributed by atoms with van der Waals surface area (Å²) in [6, 6.07) is 9.26. The van der Waals surface area contributed by atoms with Crippen LogP contribution in [0.25, 0.3) is 10.9 Å². The van der Waals surface area contributed by atoms with E-state index in [0.717, 1.165) is 16.5 Å². The number of aliphatic hydroxyl groups is 1. The molecule has 66 valence electrons. The van der Waals surface area contributed by atoms with E-state index in [4.69, 9.17) is 10.8 Å². The largest absolute Gasteiger partial charge is 0.392 e. The number of hydrogen-bond acceptors (Lipinski definition) is 3. The summed E-state index contributed by atoms with van der Waals surface area (Å²) >= 11 is 0. The zero-order valence-corrected chi connectivity index (χ0v) is 7.07. The molecule has 3 nitrogen and oxygen atoms in total. The third kappa shape index (κ3) is 1.46. The molecule has 0 atom stereocenters. The summed E-state index contributed by atoms with van der Waals surface area (Å²) < 4.78 is 0. The van der Waals surface area contributed by atoms with Crippen molar-refractivity contribution >= 4 is 16.7 Å². The molecular formula is C10H10N2O. The van der Waals surface area contributed by atoms with Gasteiger partial charge in [0, 0.05) is 5.39 Å². The van der Waals surface area contributed by atoms with Crippen molar-refractivity contribution in [1.82, 2.24) is 4.98 Å². The Balaban J connectivity index is 2.66. The van der Waals surface area contributed by atoms with E-state index in [1.165, 1.54) is 0 Å². The number of rotatable bonds is 1. The first kappa shape index (κ1) is 8.01. The molecule has 1 aromatic heterocycles. The molecule has 2 rings (SSSR count). The second-order valence-electron chi connectivity index (χ2n) is 2.92. The van der Waals surface area contributed by atoms with Crippen molar-refractivity contribution in [2.75, 3.05) is 5.73 Å². The van der Waals surface area contributed by atoms with Gasteiger partial charge in [-0.2, -0.15) is 0 Å². The molecule has 0 saturated heterocycles. The maximum absolute atomic E-state index is 8.91. The summed E-state index contributed by atoms with van der Waals surface area (Å²) in [5, 5.41) is 9.91. The minimum Gasteiger partial charge on any atom is -0.392 e. The number of pyridine rings is 1. The maximum Gasteiger partial charge on any atom is 0.124 e. The Morgan fingerprint density at radius 2 is 2.08 bits per heavy atom. The first-order valence-corrected chi connectivity index (χ1v) is 4.05. The third-order valence-electron chi connectivity index (χ3n) is 1.96. The number of nitrogens with zero attached hydrogens (tertiary/aromatic N) is 1. The van der Waals surface area contributed by atoms with Crippen molar-refractivity contribution in [3.05, 3.63) is 35.9 Å². The highest BCUT2D eigenvalue weighted by Gasteiger charge is 1.96. The number of aliphatic hydroxyl groups excluding tert-OH is 1. The molecule has 13 heavy (non-hydrogen) atoms. The van der Waals surface area contributed by atoms with E-state index in [1.54, 1.807) is 6.07 Å². The molecule has 0 bridgehead atoms. The first-order valence-electron chi connectivity index (χ1n) is 4.05. The van der Waals surface area contributed by atoms with Crippen LogP contribution in [-0.4, -0.2) is 10.1 Å². The van der Waals surface area contributed by atoms with Gasteiger partial charge in [0.25, 0.3) is 0 Å².